The van der Waals surface area contributed by atoms with Crippen molar-refractivity contribution in [3.8, 4) is 6.07 Å². The third-order valence-corrected chi connectivity index (χ3v) is 2.44. The summed E-state index contributed by atoms with van der Waals surface area (Å²) in [5.41, 5.74) is -1.29. The molecule has 1 rings (SSSR count). The van der Waals surface area contributed by atoms with Crippen LogP contribution in [0.1, 0.15) is 30.8 Å². The quantitative estimate of drug-likeness (QED) is 0.813. The van der Waals surface area contributed by atoms with Crippen molar-refractivity contribution < 1.29 is 17.9 Å². The zero-order chi connectivity index (χ0) is 13.8. The molecular weight excluding hydrogens is 249 g/mol. The van der Waals surface area contributed by atoms with Crippen molar-refractivity contribution in [3.63, 3.8) is 0 Å². The maximum Gasteiger partial charge on any atom is 0.434 e. The number of rotatable bonds is 5. The first-order chi connectivity index (χ1) is 8.41. The van der Waals surface area contributed by atoms with Gasteiger partial charge in [-0.3, -0.25) is 0 Å². The van der Waals surface area contributed by atoms with Gasteiger partial charge in [-0.15, -0.1) is 5.10 Å². The van der Waals surface area contributed by atoms with Crippen molar-refractivity contribution in [3.05, 3.63) is 11.4 Å². The molecule has 0 spiro atoms. The third-order valence-electron chi connectivity index (χ3n) is 2.44. The summed E-state index contributed by atoms with van der Waals surface area (Å²) in [6.07, 6.45) is -4.60. The zero-order valence-electron chi connectivity index (χ0n) is 10.0. The summed E-state index contributed by atoms with van der Waals surface area (Å²) in [7, 11) is 1.47. The number of nitrogens with zero attached hydrogens (tertiary/aromatic N) is 4. The minimum atomic E-state index is -4.57. The van der Waals surface area contributed by atoms with Crippen molar-refractivity contribution >= 4 is 0 Å². The molecule has 0 radical (unpaired) electrons. The number of hydrogen-bond acceptors (Lipinski definition) is 4. The summed E-state index contributed by atoms with van der Waals surface area (Å²) in [4.78, 5) is 0. The van der Waals surface area contributed by atoms with E-state index in [1.807, 2.05) is 0 Å². The van der Waals surface area contributed by atoms with Gasteiger partial charge in [0.1, 0.15) is 5.69 Å². The van der Waals surface area contributed by atoms with Crippen molar-refractivity contribution in [1.82, 2.24) is 15.0 Å². The number of ether oxygens (including phenoxy) is 1. The molecule has 1 unspecified atom stereocenters. The first-order valence-electron chi connectivity index (χ1n) is 5.29. The average molecular weight is 262 g/mol. The molecule has 0 saturated heterocycles. The standard InChI is InChI=1S/C10H13F3N4O/c1-7(4-6-18-2)17-9(10(11,12)13)8(3-5-14)15-16-17/h7H,3-4,6H2,1-2H3. The van der Waals surface area contributed by atoms with E-state index in [-0.39, 0.29) is 5.69 Å². The first-order valence-corrected chi connectivity index (χ1v) is 5.29. The lowest BCUT2D eigenvalue weighted by molar-refractivity contribution is -0.145. The Morgan fingerprint density at radius 1 is 1.50 bits per heavy atom. The van der Waals surface area contributed by atoms with Crippen LogP contribution in [0.3, 0.4) is 0 Å². The van der Waals surface area contributed by atoms with E-state index in [2.05, 4.69) is 10.3 Å². The number of methoxy groups -OCH3 is 1. The summed E-state index contributed by atoms with van der Waals surface area (Å²) >= 11 is 0. The van der Waals surface area contributed by atoms with Crippen LogP contribution in [0.15, 0.2) is 0 Å². The minimum Gasteiger partial charge on any atom is -0.385 e. The largest absolute Gasteiger partial charge is 0.434 e. The molecule has 18 heavy (non-hydrogen) atoms. The highest BCUT2D eigenvalue weighted by Crippen LogP contribution is 2.33. The zero-order valence-corrected chi connectivity index (χ0v) is 10.0. The van der Waals surface area contributed by atoms with E-state index >= 15 is 0 Å². The normalized spacial score (nSPS) is 13.3. The molecule has 1 aromatic rings. The Bertz CT molecular complexity index is 435. The van der Waals surface area contributed by atoms with E-state index in [9.17, 15) is 13.2 Å². The Kier molecular flexibility index (Phi) is 4.67. The van der Waals surface area contributed by atoms with Gasteiger partial charge in [0.15, 0.2) is 5.69 Å². The van der Waals surface area contributed by atoms with Gasteiger partial charge in [-0.25, -0.2) is 4.68 Å². The fraction of sp³-hybridized carbons (Fsp3) is 0.700. The number of nitriles is 1. The summed E-state index contributed by atoms with van der Waals surface area (Å²) in [5.74, 6) is 0. The van der Waals surface area contributed by atoms with Crippen LogP contribution >= 0.6 is 0 Å². The van der Waals surface area contributed by atoms with Gasteiger partial charge in [0.25, 0.3) is 0 Å². The van der Waals surface area contributed by atoms with Crippen molar-refractivity contribution in [2.75, 3.05) is 13.7 Å². The molecule has 100 valence electrons. The molecule has 5 nitrogen and oxygen atoms in total. The lowest BCUT2D eigenvalue weighted by Crippen LogP contribution is -2.20. The first kappa shape index (κ1) is 14.4. The molecule has 0 aliphatic heterocycles. The van der Waals surface area contributed by atoms with Crippen molar-refractivity contribution in [1.29, 1.82) is 5.26 Å². The Morgan fingerprint density at radius 3 is 2.67 bits per heavy atom. The number of hydrogen-bond donors (Lipinski definition) is 0. The molecule has 0 saturated carbocycles. The highest BCUT2D eigenvalue weighted by Gasteiger charge is 2.40. The molecule has 0 fully saturated rings. The van der Waals surface area contributed by atoms with E-state index in [0.717, 1.165) is 4.68 Å². The molecule has 0 aromatic carbocycles. The van der Waals surface area contributed by atoms with Gasteiger partial charge < -0.3 is 4.74 Å². The second kappa shape index (κ2) is 5.82. The monoisotopic (exact) mass is 262 g/mol. The molecule has 1 atom stereocenters. The van der Waals surface area contributed by atoms with Gasteiger partial charge in [0.05, 0.1) is 18.5 Å². The maximum atomic E-state index is 12.9. The number of alkyl halides is 3. The van der Waals surface area contributed by atoms with Crippen molar-refractivity contribution in [2.45, 2.75) is 32.0 Å². The summed E-state index contributed by atoms with van der Waals surface area (Å²) < 4.78 is 44.3. The van der Waals surface area contributed by atoms with E-state index in [1.165, 1.54) is 7.11 Å². The lowest BCUT2D eigenvalue weighted by Gasteiger charge is -2.16. The Labute approximate surface area is 102 Å². The van der Waals surface area contributed by atoms with Crippen LogP contribution < -0.4 is 0 Å². The molecule has 1 heterocycles. The second-order valence-electron chi connectivity index (χ2n) is 3.79. The van der Waals surface area contributed by atoms with Crippen LogP contribution in [0.2, 0.25) is 0 Å². The second-order valence-corrected chi connectivity index (χ2v) is 3.79. The molecule has 0 aliphatic rings. The summed E-state index contributed by atoms with van der Waals surface area (Å²) in [5, 5.41) is 15.4. The highest BCUT2D eigenvalue weighted by molar-refractivity contribution is 5.18. The SMILES string of the molecule is COCCC(C)n1nnc(CC#N)c1C(F)(F)F. The van der Waals surface area contributed by atoms with Crippen LogP contribution in [0.25, 0.3) is 0 Å². The van der Waals surface area contributed by atoms with Gasteiger partial charge in [-0.05, 0) is 13.3 Å². The van der Waals surface area contributed by atoms with Gasteiger partial charge in [-0.1, -0.05) is 5.21 Å². The van der Waals surface area contributed by atoms with Crippen LogP contribution in [0.4, 0.5) is 13.2 Å². The van der Waals surface area contributed by atoms with E-state index in [4.69, 9.17) is 10.00 Å². The van der Waals surface area contributed by atoms with Gasteiger partial charge in [-0.2, -0.15) is 18.4 Å². The number of aromatic nitrogens is 3. The highest BCUT2D eigenvalue weighted by atomic mass is 19.4. The Balaban J connectivity index is 3.09. The lowest BCUT2D eigenvalue weighted by atomic mass is 10.2. The molecule has 8 heteroatoms. The van der Waals surface area contributed by atoms with Crippen molar-refractivity contribution in [2.24, 2.45) is 0 Å². The van der Waals surface area contributed by atoms with E-state index in [1.54, 1.807) is 13.0 Å². The maximum absolute atomic E-state index is 12.9. The molecule has 1 aromatic heterocycles. The Morgan fingerprint density at radius 2 is 2.17 bits per heavy atom. The predicted molar refractivity (Wildman–Crippen MR) is 55.5 cm³/mol. The van der Waals surface area contributed by atoms with Crippen LogP contribution in [-0.4, -0.2) is 28.7 Å². The van der Waals surface area contributed by atoms with Crippen LogP contribution in [0, 0.1) is 11.3 Å². The minimum absolute atomic E-state index is 0.325. The molecule has 0 amide bonds. The summed E-state index contributed by atoms with van der Waals surface area (Å²) in [6, 6.07) is 1.15. The van der Waals surface area contributed by atoms with Crippen LogP contribution in [-0.2, 0) is 17.3 Å². The fourth-order valence-corrected chi connectivity index (χ4v) is 1.53. The third kappa shape index (κ3) is 3.20. The average Bonchev–Trinajstić information content (AvgIpc) is 2.70. The smallest absolute Gasteiger partial charge is 0.385 e. The Hall–Kier alpha value is -1.62. The molecular formula is C10H13F3N4O. The van der Waals surface area contributed by atoms with Crippen LogP contribution in [0.5, 0.6) is 0 Å². The van der Waals surface area contributed by atoms with E-state index in [0.29, 0.717) is 13.0 Å². The van der Waals surface area contributed by atoms with E-state index < -0.39 is 24.3 Å². The molecule has 0 bridgehead atoms. The van der Waals surface area contributed by atoms with Gasteiger partial charge >= 0.3 is 6.18 Å². The van der Waals surface area contributed by atoms with Gasteiger partial charge in [0, 0.05) is 13.7 Å². The fourth-order valence-electron chi connectivity index (χ4n) is 1.53. The molecule has 0 aliphatic carbocycles. The number of halogens is 3. The predicted octanol–water partition coefficient (Wildman–Crippen LogP) is 1.96. The topological polar surface area (TPSA) is 63.7 Å². The van der Waals surface area contributed by atoms with Gasteiger partial charge in [0.2, 0.25) is 0 Å². The molecule has 0 N–H and O–H groups in total. The summed E-state index contributed by atoms with van der Waals surface area (Å²) in [6.45, 7) is 1.92.